The van der Waals surface area contributed by atoms with Gasteiger partial charge in [-0.25, -0.2) is 4.39 Å². The summed E-state index contributed by atoms with van der Waals surface area (Å²) < 4.78 is 18.5. The lowest BCUT2D eigenvalue weighted by atomic mass is 10.1. The molecule has 0 spiro atoms. The fourth-order valence-corrected chi connectivity index (χ4v) is 1.40. The number of halogens is 2. The fourth-order valence-electron chi connectivity index (χ4n) is 1.08. The van der Waals surface area contributed by atoms with Crippen molar-refractivity contribution in [2.45, 2.75) is 13.0 Å². The fraction of sp³-hybridized carbons (Fsp3) is 0.333. The second-order valence-corrected chi connectivity index (χ2v) is 3.65. The Hall–Kier alpha value is -0.610. The molecule has 72 valence electrons. The molecule has 2 nitrogen and oxygen atoms in total. The van der Waals surface area contributed by atoms with Crippen molar-refractivity contribution in [3.63, 3.8) is 0 Å². The first-order valence-electron chi connectivity index (χ1n) is 3.84. The van der Waals surface area contributed by atoms with Crippen LogP contribution >= 0.6 is 15.9 Å². The molecule has 0 aliphatic heterocycles. The highest BCUT2D eigenvalue weighted by atomic mass is 79.9. The SMILES string of the molecule is COc1cc(Br)c(F)cc1C(C)N. The highest BCUT2D eigenvalue weighted by Crippen LogP contribution is 2.29. The zero-order chi connectivity index (χ0) is 10.0. The van der Waals surface area contributed by atoms with Crippen LogP contribution in [0.25, 0.3) is 0 Å². The van der Waals surface area contributed by atoms with E-state index in [1.165, 1.54) is 13.2 Å². The number of rotatable bonds is 2. The highest BCUT2D eigenvalue weighted by molar-refractivity contribution is 9.10. The van der Waals surface area contributed by atoms with Gasteiger partial charge in [0, 0.05) is 11.6 Å². The molecule has 0 heterocycles. The summed E-state index contributed by atoms with van der Waals surface area (Å²) >= 11 is 3.07. The first kappa shape index (κ1) is 10.5. The summed E-state index contributed by atoms with van der Waals surface area (Å²) in [5, 5.41) is 0. The normalized spacial score (nSPS) is 12.7. The van der Waals surface area contributed by atoms with E-state index < -0.39 is 0 Å². The maximum absolute atomic E-state index is 13.1. The van der Waals surface area contributed by atoms with Gasteiger partial charge in [0.2, 0.25) is 0 Å². The zero-order valence-corrected chi connectivity index (χ0v) is 9.06. The van der Waals surface area contributed by atoms with Gasteiger partial charge in [-0.3, -0.25) is 0 Å². The van der Waals surface area contributed by atoms with E-state index in [4.69, 9.17) is 10.5 Å². The Labute approximate surface area is 85.0 Å². The van der Waals surface area contributed by atoms with Gasteiger partial charge in [-0.15, -0.1) is 0 Å². The summed E-state index contributed by atoms with van der Waals surface area (Å²) in [6.07, 6.45) is 0. The van der Waals surface area contributed by atoms with Crippen LogP contribution in [0, 0.1) is 5.82 Å². The number of nitrogens with two attached hydrogens (primary N) is 1. The Balaban J connectivity index is 3.25. The molecule has 4 heteroatoms. The van der Waals surface area contributed by atoms with Crippen LogP contribution in [0.4, 0.5) is 4.39 Å². The molecule has 0 aliphatic carbocycles. The van der Waals surface area contributed by atoms with Crippen molar-refractivity contribution in [3.8, 4) is 5.75 Å². The predicted octanol–water partition coefficient (Wildman–Crippen LogP) is 2.62. The van der Waals surface area contributed by atoms with Gasteiger partial charge in [-0.05, 0) is 35.0 Å². The molecule has 0 aliphatic rings. The third-order valence-corrected chi connectivity index (χ3v) is 2.37. The molecule has 1 aromatic rings. The van der Waals surface area contributed by atoms with Gasteiger partial charge in [-0.2, -0.15) is 0 Å². The molecule has 0 saturated heterocycles. The van der Waals surface area contributed by atoms with Crippen molar-refractivity contribution in [2.24, 2.45) is 5.73 Å². The molecule has 0 amide bonds. The van der Waals surface area contributed by atoms with Crippen molar-refractivity contribution in [1.29, 1.82) is 0 Å². The minimum Gasteiger partial charge on any atom is -0.496 e. The van der Waals surface area contributed by atoms with Crippen LogP contribution in [0.15, 0.2) is 16.6 Å². The molecule has 13 heavy (non-hydrogen) atoms. The zero-order valence-electron chi connectivity index (χ0n) is 7.47. The maximum Gasteiger partial charge on any atom is 0.137 e. The van der Waals surface area contributed by atoms with E-state index in [9.17, 15) is 4.39 Å². The maximum atomic E-state index is 13.1. The molecule has 0 aromatic heterocycles. The number of hydrogen-bond acceptors (Lipinski definition) is 2. The van der Waals surface area contributed by atoms with E-state index in [1.54, 1.807) is 13.0 Å². The van der Waals surface area contributed by atoms with Crippen LogP contribution < -0.4 is 10.5 Å². The summed E-state index contributed by atoms with van der Waals surface area (Å²) in [7, 11) is 1.53. The van der Waals surface area contributed by atoms with Gasteiger partial charge in [0.05, 0.1) is 11.6 Å². The van der Waals surface area contributed by atoms with E-state index in [0.717, 1.165) is 0 Å². The Bertz CT molecular complexity index is 315. The lowest BCUT2D eigenvalue weighted by Crippen LogP contribution is -2.07. The van der Waals surface area contributed by atoms with E-state index in [-0.39, 0.29) is 11.9 Å². The molecule has 1 atom stereocenters. The van der Waals surface area contributed by atoms with Crippen molar-refractivity contribution >= 4 is 15.9 Å². The third kappa shape index (κ3) is 2.19. The molecule has 0 saturated carbocycles. The van der Waals surface area contributed by atoms with E-state index >= 15 is 0 Å². The monoisotopic (exact) mass is 247 g/mol. The summed E-state index contributed by atoms with van der Waals surface area (Å²) in [6, 6.07) is 2.72. The van der Waals surface area contributed by atoms with Gasteiger partial charge in [-0.1, -0.05) is 0 Å². The Kier molecular flexibility index (Phi) is 3.27. The smallest absolute Gasteiger partial charge is 0.137 e. The van der Waals surface area contributed by atoms with Crippen LogP contribution in [0.2, 0.25) is 0 Å². The molecular formula is C9H11BrFNO. The van der Waals surface area contributed by atoms with Gasteiger partial charge >= 0.3 is 0 Å². The van der Waals surface area contributed by atoms with Gasteiger partial charge in [0.15, 0.2) is 0 Å². The van der Waals surface area contributed by atoms with Crippen LogP contribution in [0.5, 0.6) is 5.75 Å². The second-order valence-electron chi connectivity index (χ2n) is 2.80. The first-order chi connectivity index (χ1) is 6.06. The van der Waals surface area contributed by atoms with Gasteiger partial charge in [0.25, 0.3) is 0 Å². The quantitative estimate of drug-likeness (QED) is 0.873. The molecule has 2 N–H and O–H groups in total. The van der Waals surface area contributed by atoms with Gasteiger partial charge < -0.3 is 10.5 Å². The lowest BCUT2D eigenvalue weighted by molar-refractivity contribution is 0.405. The number of methoxy groups -OCH3 is 1. The Morgan fingerprint density at radius 1 is 1.54 bits per heavy atom. The van der Waals surface area contributed by atoms with E-state index in [1.807, 2.05) is 0 Å². The minimum absolute atomic E-state index is 0.238. The number of benzene rings is 1. The largest absolute Gasteiger partial charge is 0.496 e. The lowest BCUT2D eigenvalue weighted by Gasteiger charge is -2.12. The van der Waals surface area contributed by atoms with Crippen molar-refractivity contribution in [3.05, 3.63) is 28.0 Å². The number of hydrogen-bond donors (Lipinski definition) is 1. The molecular weight excluding hydrogens is 237 g/mol. The molecule has 0 fully saturated rings. The molecule has 0 radical (unpaired) electrons. The standard InChI is InChI=1S/C9H11BrFNO/c1-5(12)6-3-8(11)7(10)4-9(6)13-2/h3-5H,12H2,1-2H3. The van der Waals surface area contributed by atoms with E-state index in [0.29, 0.717) is 15.8 Å². The first-order valence-corrected chi connectivity index (χ1v) is 4.64. The number of ether oxygens (including phenoxy) is 1. The summed E-state index contributed by atoms with van der Waals surface area (Å²) in [5.74, 6) is 0.274. The van der Waals surface area contributed by atoms with Crippen LogP contribution in [0.1, 0.15) is 18.5 Å². The summed E-state index contributed by atoms with van der Waals surface area (Å²) in [5.41, 5.74) is 6.32. The van der Waals surface area contributed by atoms with Crippen LogP contribution in [-0.4, -0.2) is 7.11 Å². The Morgan fingerprint density at radius 2 is 2.15 bits per heavy atom. The van der Waals surface area contributed by atoms with E-state index in [2.05, 4.69) is 15.9 Å². The second kappa shape index (κ2) is 4.07. The van der Waals surface area contributed by atoms with Crippen molar-refractivity contribution in [2.75, 3.05) is 7.11 Å². The predicted molar refractivity (Wildman–Crippen MR) is 53.3 cm³/mol. The highest BCUT2D eigenvalue weighted by Gasteiger charge is 2.11. The average molecular weight is 248 g/mol. The average Bonchev–Trinajstić information content (AvgIpc) is 2.08. The minimum atomic E-state index is -0.326. The summed E-state index contributed by atoms with van der Waals surface area (Å²) in [4.78, 5) is 0. The van der Waals surface area contributed by atoms with Crippen LogP contribution in [-0.2, 0) is 0 Å². The molecule has 1 aromatic carbocycles. The molecule has 0 bridgehead atoms. The molecule has 1 rings (SSSR count). The van der Waals surface area contributed by atoms with Crippen LogP contribution in [0.3, 0.4) is 0 Å². The Morgan fingerprint density at radius 3 is 2.62 bits per heavy atom. The van der Waals surface area contributed by atoms with Crippen molar-refractivity contribution in [1.82, 2.24) is 0 Å². The topological polar surface area (TPSA) is 35.2 Å². The van der Waals surface area contributed by atoms with Gasteiger partial charge in [0.1, 0.15) is 11.6 Å². The van der Waals surface area contributed by atoms with Crippen molar-refractivity contribution < 1.29 is 9.13 Å². The molecule has 1 unspecified atom stereocenters. The third-order valence-electron chi connectivity index (χ3n) is 1.76. The summed E-state index contributed by atoms with van der Waals surface area (Å²) in [6.45, 7) is 1.78.